The van der Waals surface area contributed by atoms with Crippen LogP contribution in [0.2, 0.25) is 0 Å². The summed E-state index contributed by atoms with van der Waals surface area (Å²) in [6.45, 7) is 0.661. The topological polar surface area (TPSA) is 101 Å². The predicted molar refractivity (Wildman–Crippen MR) is 81.2 cm³/mol. The Morgan fingerprint density at radius 3 is 2.52 bits per heavy atom. The fourth-order valence-corrected chi connectivity index (χ4v) is 3.51. The molecule has 1 aliphatic carbocycles. The van der Waals surface area contributed by atoms with Gasteiger partial charge in [-0.05, 0) is 25.7 Å². The van der Waals surface area contributed by atoms with Crippen LogP contribution in [0.25, 0.3) is 0 Å². The van der Waals surface area contributed by atoms with Crippen molar-refractivity contribution in [2.45, 2.75) is 56.6 Å². The van der Waals surface area contributed by atoms with Gasteiger partial charge in [-0.15, -0.1) is 0 Å². The minimum Gasteiger partial charge on any atom is -0.476 e. The van der Waals surface area contributed by atoms with Gasteiger partial charge in [0.05, 0.1) is 18.0 Å². The Labute approximate surface area is 134 Å². The highest BCUT2D eigenvalue weighted by Crippen LogP contribution is 2.38. The number of rotatable bonds is 3. The second kappa shape index (κ2) is 6.62. The molecule has 0 radical (unpaired) electrons. The summed E-state index contributed by atoms with van der Waals surface area (Å²) < 4.78 is 6.02. The van der Waals surface area contributed by atoms with Gasteiger partial charge in [0, 0.05) is 12.6 Å². The van der Waals surface area contributed by atoms with Crippen molar-refractivity contribution in [2.24, 2.45) is 0 Å². The average Bonchev–Trinajstić information content (AvgIpc) is 2.55. The van der Waals surface area contributed by atoms with Gasteiger partial charge >= 0.3 is 5.97 Å². The minimum atomic E-state index is -1.16. The lowest BCUT2D eigenvalue weighted by Crippen LogP contribution is -2.49. The second-order valence-electron chi connectivity index (χ2n) is 6.35. The van der Waals surface area contributed by atoms with Crippen molar-refractivity contribution in [3.63, 3.8) is 0 Å². The summed E-state index contributed by atoms with van der Waals surface area (Å²) in [7, 11) is 0. The van der Waals surface area contributed by atoms with Crippen molar-refractivity contribution in [1.82, 2.24) is 15.3 Å². The van der Waals surface area contributed by atoms with E-state index in [2.05, 4.69) is 15.3 Å². The maximum absolute atomic E-state index is 12.3. The van der Waals surface area contributed by atoms with Gasteiger partial charge in [0.1, 0.15) is 5.69 Å². The van der Waals surface area contributed by atoms with Crippen molar-refractivity contribution >= 4 is 11.9 Å². The first-order valence-corrected chi connectivity index (χ1v) is 8.08. The number of ether oxygens (including phenoxy) is 1. The van der Waals surface area contributed by atoms with Gasteiger partial charge in [-0.2, -0.15) is 0 Å². The van der Waals surface area contributed by atoms with Gasteiger partial charge in [0.15, 0.2) is 5.69 Å². The number of nitrogens with zero attached hydrogens (tertiary/aromatic N) is 2. The summed E-state index contributed by atoms with van der Waals surface area (Å²) in [5.41, 5.74) is -0.110. The van der Waals surface area contributed by atoms with Crippen LogP contribution in [0, 0.1) is 0 Å². The molecule has 2 fully saturated rings. The first-order valence-electron chi connectivity index (χ1n) is 8.08. The first kappa shape index (κ1) is 15.9. The maximum Gasteiger partial charge on any atom is 0.356 e. The molecular formula is C16H21N3O4. The molecule has 0 aromatic carbocycles. The molecule has 1 unspecified atom stereocenters. The third-order valence-electron chi connectivity index (χ3n) is 4.70. The van der Waals surface area contributed by atoms with Crippen LogP contribution in [0.1, 0.15) is 65.9 Å². The molecule has 1 aliphatic heterocycles. The van der Waals surface area contributed by atoms with Crippen molar-refractivity contribution in [3.05, 3.63) is 23.8 Å². The Kier molecular flexibility index (Phi) is 4.56. The number of hydrogen-bond donors (Lipinski definition) is 2. The SMILES string of the molecule is O=C(O)c1cnc(C(=O)NC2CCOC3(CCCCC3)C2)cn1. The summed E-state index contributed by atoms with van der Waals surface area (Å²) in [6, 6.07) is 0.0651. The lowest BCUT2D eigenvalue weighted by atomic mass is 9.78. The van der Waals surface area contributed by atoms with Gasteiger partial charge in [-0.3, -0.25) is 4.79 Å². The van der Waals surface area contributed by atoms with Crippen LogP contribution in [0.15, 0.2) is 12.4 Å². The molecule has 2 N–H and O–H groups in total. The quantitative estimate of drug-likeness (QED) is 0.880. The first-order chi connectivity index (χ1) is 11.1. The number of nitrogens with one attached hydrogen (secondary N) is 1. The number of carboxylic acids is 1. The molecule has 2 heterocycles. The van der Waals surface area contributed by atoms with Crippen LogP contribution in [0.3, 0.4) is 0 Å². The summed E-state index contributed by atoms with van der Waals surface area (Å²) in [4.78, 5) is 30.6. The number of carbonyl (C=O) groups is 2. The Balaban J connectivity index is 1.61. The monoisotopic (exact) mass is 319 g/mol. The van der Waals surface area contributed by atoms with E-state index >= 15 is 0 Å². The van der Waals surface area contributed by atoms with E-state index in [0.717, 1.165) is 31.9 Å². The lowest BCUT2D eigenvalue weighted by Gasteiger charge is -2.43. The fourth-order valence-electron chi connectivity index (χ4n) is 3.51. The van der Waals surface area contributed by atoms with Crippen molar-refractivity contribution in [2.75, 3.05) is 6.61 Å². The van der Waals surface area contributed by atoms with Crippen LogP contribution in [-0.2, 0) is 4.74 Å². The van der Waals surface area contributed by atoms with Gasteiger partial charge in [0.25, 0.3) is 5.91 Å². The molecule has 1 amide bonds. The molecule has 1 saturated carbocycles. The average molecular weight is 319 g/mol. The highest BCUT2D eigenvalue weighted by atomic mass is 16.5. The van der Waals surface area contributed by atoms with Gasteiger partial charge in [0.2, 0.25) is 0 Å². The number of aromatic carboxylic acids is 1. The van der Waals surface area contributed by atoms with Crippen LogP contribution in [-0.4, -0.2) is 45.2 Å². The summed E-state index contributed by atoms with van der Waals surface area (Å²) >= 11 is 0. The highest BCUT2D eigenvalue weighted by Gasteiger charge is 2.39. The Hall–Kier alpha value is -2.02. The molecule has 1 aromatic heterocycles. The molecule has 7 heteroatoms. The van der Waals surface area contributed by atoms with E-state index in [1.807, 2.05) is 0 Å². The zero-order valence-corrected chi connectivity index (χ0v) is 13.0. The van der Waals surface area contributed by atoms with E-state index in [-0.39, 0.29) is 28.9 Å². The van der Waals surface area contributed by atoms with E-state index in [4.69, 9.17) is 9.84 Å². The molecule has 1 saturated heterocycles. The zero-order chi connectivity index (χ0) is 16.3. The Morgan fingerprint density at radius 2 is 1.87 bits per heavy atom. The van der Waals surface area contributed by atoms with Crippen LogP contribution >= 0.6 is 0 Å². The van der Waals surface area contributed by atoms with Crippen molar-refractivity contribution in [1.29, 1.82) is 0 Å². The Morgan fingerprint density at radius 1 is 1.17 bits per heavy atom. The van der Waals surface area contributed by atoms with Crippen molar-refractivity contribution in [3.8, 4) is 0 Å². The largest absolute Gasteiger partial charge is 0.476 e. The standard InChI is InChI=1S/C16H21N3O4/c20-14(12-9-18-13(10-17-12)15(21)22)19-11-4-7-23-16(8-11)5-2-1-3-6-16/h9-11H,1-8H2,(H,19,20)(H,21,22). The highest BCUT2D eigenvalue weighted by molar-refractivity contribution is 5.92. The molecule has 23 heavy (non-hydrogen) atoms. The van der Waals surface area contributed by atoms with E-state index in [1.54, 1.807) is 0 Å². The predicted octanol–water partition coefficient (Wildman–Crippen LogP) is 1.79. The van der Waals surface area contributed by atoms with E-state index in [0.29, 0.717) is 6.61 Å². The molecule has 3 rings (SSSR count). The van der Waals surface area contributed by atoms with Gasteiger partial charge in [-0.1, -0.05) is 19.3 Å². The maximum atomic E-state index is 12.3. The number of hydrogen-bond acceptors (Lipinski definition) is 5. The molecule has 1 atom stereocenters. The van der Waals surface area contributed by atoms with Gasteiger partial charge < -0.3 is 15.2 Å². The molecule has 124 valence electrons. The number of amides is 1. The normalized spacial score (nSPS) is 23.4. The molecular weight excluding hydrogens is 298 g/mol. The van der Waals surface area contributed by atoms with Crippen LogP contribution in [0.5, 0.6) is 0 Å². The molecule has 1 spiro atoms. The summed E-state index contributed by atoms with van der Waals surface area (Å²) in [6.07, 6.45) is 9.67. The van der Waals surface area contributed by atoms with E-state index in [9.17, 15) is 9.59 Å². The molecule has 7 nitrogen and oxygen atoms in total. The third kappa shape index (κ3) is 3.67. The lowest BCUT2D eigenvalue weighted by molar-refractivity contribution is -0.108. The smallest absolute Gasteiger partial charge is 0.356 e. The van der Waals surface area contributed by atoms with Gasteiger partial charge in [-0.25, -0.2) is 14.8 Å². The third-order valence-corrected chi connectivity index (χ3v) is 4.70. The fraction of sp³-hybridized carbons (Fsp3) is 0.625. The second-order valence-corrected chi connectivity index (χ2v) is 6.35. The zero-order valence-electron chi connectivity index (χ0n) is 13.0. The molecule has 0 bridgehead atoms. The van der Waals surface area contributed by atoms with E-state index < -0.39 is 5.97 Å². The van der Waals surface area contributed by atoms with E-state index in [1.165, 1.54) is 25.5 Å². The summed E-state index contributed by atoms with van der Waals surface area (Å²) in [5, 5.41) is 11.8. The number of aromatic nitrogens is 2. The van der Waals surface area contributed by atoms with Crippen LogP contribution in [0.4, 0.5) is 0 Å². The molecule has 2 aliphatic rings. The summed E-state index contributed by atoms with van der Waals surface area (Å²) in [5.74, 6) is -1.47. The number of carbonyl (C=O) groups excluding carboxylic acids is 1. The molecule has 1 aromatic rings. The van der Waals surface area contributed by atoms with Crippen molar-refractivity contribution < 1.29 is 19.4 Å². The van der Waals surface area contributed by atoms with Crippen LogP contribution < -0.4 is 5.32 Å². The Bertz CT molecular complexity index is 576. The number of carboxylic acid groups (broad SMARTS) is 1. The minimum absolute atomic E-state index is 0.0651.